The Hall–Kier alpha value is -1.06. The van der Waals surface area contributed by atoms with Crippen LogP contribution in [0.25, 0.3) is 0 Å². The van der Waals surface area contributed by atoms with Crippen molar-refractivity contribution in [3.63, 3.8) is 0 Å². The van der Waals surface area contributed by atoms with Gasteiger partial charge in [-0.25, -0.2) is 0 Å². The summed E-state index contributed by atoms with van der Waals surface area (Å²) in [6, 6.07) is 0. The maximum atomic E-state index is 11.6. The summed E-state index contributed by atoms with van der Waals surface area (Å²) < 4.78 is 0. The van der Waals surface area contributed by atoms with Gasteiger partial charge in [0.15, 0.2) is 0 Å². The minimum atomic E-state index is -0.452. The van der Waals surface area contributed by atoms with Crippen LogP contribution in [0.3, 0.4) is 0 Å². The van der Waals surface area contributed by atoms with Gasteiger partial charge in [0.2, 0.25) is 0 Å². The van der Waals surface area contributed by atoms with E-state index in [9.17, 15) is 9.59 Å². The van der Waals surface area contributed by atoms with Crippen molar-refractivity contribution in [2.24, 2.45) is 5.92 Å². The fourth-order valence-corrected chi connectivity index (χ4v) is 1.67. The Balaban J connectivity index is 2.36. The molecule has 0 aromatic heterocycles. The van der Waals surface area contributed by atoms with Crippen LogP contribution in [0.5, 0.6) is 0 Å². The Labute approximate surface area is 91.0 Å². The van der Waals surface area contributed by atoms with Crippen LogP contribution >= 0.6 is 0 Å². The average Bonchev–Trinajstić information content (AvgIpc) is 2.26. The molecule has 0 aliphatic carbocycles. The molecule has 1 aliphatic rings. The van der Waals surface area contributed by atoms with E-state index in [4.69, 9.17) is 0 Å². The number of hydrogen-bond donors (Lipinski definition) is 1. The van der Waals surface area contributed by atoms with Gasteiger partial charge in [-0.15, -0.1) is 0 Å². The summed E-state index contributed by atoms with van der Waals surface area (Å²) in [6.45, 7) is 6.17. The predicted molar refractivity (Wildman–Crippen MR) is 58.3 cm³/mol. The van der Waals surface area contributed by atoms with E-state index in [1.54, 1.807) is 4.90 Å². The molecule has 1 saturated heterocycles. The standard InChI is InChI=1S/C11H20N2O2/c1-3-6-12-10(14)11(15)13-7-4-9(2)5-8-13/h9H,3-8H2,1-2H3,(H,12,14). The minimum Gasteiger partial charge on any atom is -0.348 e. The van der Waals surface area contributed by atoms with E-state index < -0.39 is 5.91 Å². The van der Waals surface area contributed by atoms with Crippen molar-refractivity contribution in [2.75, 3.05) is 19.6 Å². The summed E-state index contributed by atoms with van der Waals surface area (Å²) in [5.74, 6) is -0.144. The fraction of sp³-hybridized carbons (Fsp3) is 0.818. The lowest BCUT2D eigenvalue weighted by atomic mass is 9.99. The average molecular weight is 212 g/mol. The first-order valence-corrected chi connectivity index (χ1v) is 5.72. The maximum Gasteiger partial charge on any atom is 0.311 e. The lowest BCUT2D eigenvalue weighted by Crippen LogP contribution is -2.46. The van der Waals surface area contributed by atoms with Gasteiger partial charge in [-0.1, -0.05) is 13.8 Å². The van der Waals surface area contributed by atoms with Gasteiger partial charge < -0.3 is 10.2 Å². The Bertz CT molecular complexity index is 233. The van der Waals surface area contributed by atoms with Gasteiger partial charge >= 0.3 is 11.8 Å². The summed E-state index contributed by atoms with van der Waals surface area (Å²) >= 11 is 0. The van der Waals surface area contributed by atoms with Crippen LogP contribution in [0, 0.1) is 5.92 Å². The molecule has 0 aromatic carbocycles. The Kier molecular flexibility index (Phi) is 4.59. The Morgan fingerprint density at radius 1 is 1.33 bits per heavy atom. The topological polar surface area (TPSA) is 49.4 Å². The van der Waals surface area contributed by atoms with Crippen molar-refractivity contribution in [3.8, 4) is 0 Å². The normalized spacial score (nSPS) is 17.6. The van der Waals surface area contributed by atoms with Crippen LogP contribution in [0.1, 0.15) is 33.1 Å². The molecule has 2 amide bonds. The second kappa shape index (κ2) is 5.73. The first-order valence-electron chi connectivity index (χ1n) is 5.72. The summed E-state index contributed by atoms with van der Waals surface area (Å²) in [4.78, 5) is 24.7. The molecule has 4 heteroatoms. The first kappa shape index (κ1) is 12.0. The molecule has 1 heterocycles. The van der Waals surface area contributed by atoms with Gasteiger partial charge in [-0.05, 0) is 25.2 Å². The molecule has 1 N–H and O–H groups in total. The number of rotatable bonds is 2. The van der Waals surface area contributed by atoms with Crippen molar-refractivity contribution in [1.29, 1.82) is 0 Å². The third-order valence-electron chi connectivity index (χ3n) is 2.80. The molecule has 4 nitrogen and oxygen atoms in total. The van der Waals surface area contributed by atoms with Gasteiger partial charge in [0.1, 0.15) is 0 Å². The molecule has 0 spiro atoms. The molecule has 1 rings (SSSR count). The van der Waals surface area contributed by atoms with Crippen LogP contribution in [-0.2, 0) is 9.59 Å². The zero-order valence-electron chi connectivity index (χ0n) is 9.58. The van der Waals surface area contributed by atoms with E-state index in [1.807, 2.05) is 6.92 Å². The number of amides is 2. The molecular weight excluding hydrogens is 192 g/mol. The van der Waals surface area contributed by atoms with Gasteiger partial charge in [-0.2, -0.15) is 0 Å². The Morgan fingerprint density at radius 3 is 2.47 bits per heavy atom. The van der Waals surface area contributed by atoms with E-state index in [0.717, 1.165) is 32.4 Å². The van der Waals surface area contributed by atoms with E-state index in [2.05, 4.69) is 12.2 Å². The van der Waals surface area contributed by atoms with Crippen LogP contribution in [-0.4, -0.2) is 36.3 Å². The second-order valence-electron chi connectivity index (χ2n) is 4.23. The van der Waals surface area contributed by atoms with E-state index in [-0.39, 0.29) is 5.91 Å². The summed E-state index contributed by atoms with van der Waals surface area (Å²) in [5.41, 5.74) is 0. The largest absolute Gasteiger partial charge is 0.348 e. The fourth-order valence-electron chi connectivity index (χ4n) is 1.67. The van der Waals surface area contributed by atoms with E-state index >= 15 is 0 Å². The molecule has 0 atom stereocenters. The van der Waals surface area contributed by atoms with E-state index in [0.29, 0.717) is 12.5 Å². The number of carbonyl (C=O) groups excluding carboxylic acids is 2. The monoisotopic (exact) mass is 212 g/mol. The smallest absolute Gasteiger partial charge is 0.311 e. The lowest BCUT2D eigenvalue weighted by Gasteiger charge is -2.29. The highest BCUT2D eigenvalue weighted by Crippen LogP contribution is 2.15. The summed E-state index contributed by atoms with van der Waals surface area (Å²) in [5, 5.41) is 2.61. The SMILES string of the molecule is CCCNC(=O)C(=O)N1CCC(C)CC1. The summed E-state index contributed by atoms with van der Waals surface area (Å²) in [6.07, 6.45) is 2.87. The van der Waals surface area contributed by atoms with Crippen LogP contribution in [0.15, 0.2) is 0 Å². The van der Waals surface area contributed by atoms with Gasteiger partial charge in [0, 0.05) is 19.6 Å². The lowest BCUT2D eigenvalue weighted by molar-refractivity contribution is -0.146. The third kappa shape index (κ3) is 3.53. The maximum absolute atomic E-state index is 11.6. The first-order chi connectivity index (χ1) is 7.15. The van der Waals surface area contributed by atoms with Crippen molar-refractivity contribution < 1.29 is 9.59 Å². The van der Waals surface area contributed by atoms with Crippen LogP contribution < -0.4 is 5.32 Å². The minimum absolute atomic E-state index is 0.365. The highest BCUT2D eigenvalue weighted by molar-refractivity contribution is 6.35. The summed E-state index contributed by atoms with van der Waals surface area (Å²) in [7, 11) is 0. The quantitative estimate of drug-likeness (QED) is 0.687. The molecule has 86 valence electrons. The van der Waals surface area contributed by atoms with Gasteiger partial charge in [0.25, 0.3) is 0 Å². The number of carbonyl (C=O) groups is 2. The van der Waals surface area contributed by atoms with Crippen molar-refractivity contribution in [3.05, 3.63) is 0 Å². The molecular formula is C11H20N2O2. The zero-order valence-corrected chi connectivity index (χ0v) is 9.58. The molecule has 1 aliphatic heterocycles. The highest BCUT2D eigenvalue weighted by Gasteiger charge is 2.24. The predicted octanol–water partition coefficient (Wildman–Crippen LogP) is 0.771. The number of hydrogen-bond acceptors (Lipinski definition) is 2. The third-order valence-corrected chi connectivity index (χ3v) is 2.80. The molecule has 1 fully saturated rings. The van der Waals surface area contributed by atoms with Crippen LogP contribution in [0.4, 0.5) is 0 Å². The second-order valence-corrected chi connectivity index (χ2v) is 4.23. The number of nitrogens with one attached hydrogen (secondary N) is 1. The molecule has 15 heavy (non-hydrogen) atoms. The van der Waals surface area contributed by atoms with Crippen molar-refractivity contribution >= 4 is 11.8 Å². The van der Waals surface area contributed by atoms with Crippen molar-refractivity contribution in [1.82, 2.24) is 10.2 Å². The number of likely N-dealkylation sites (tertiary alicyclic amines) is 1. The van der Waals surface area contributed by atoms with Crippen molar-refractivity contribution in [2.45, 2.75) is 33.1 Å². The van der Waals surface area contributed by atoms with Gasteiger partial charge in [0.05, 0.1) is 0 Å². The van der Waals surface area contributed by atoms with E-state index in [1.165, 1.54) is 0 Å². The molecule has 0 radical (unpaired) electrons. The molecule has 0 unspecified atom stereocenters. The Morgan fingerprint density at radius 2 is 1.93 bits per heavy atom. The van der Waals surface area contributed by atoms with Crippen LogP contribution in [0.2, 0.25) is 0 Å². The zero-order chi connectivity index (χ0) is 11.3. The molecule has 0 bridgehead atoms. The molecule has 0 aromatic rings. The highest BCUT2D eigenvalue weighted by atomic mass is 16.2. The number of piperidine rings is 1. The molecule has 0 saturated carbocycles. The van der Waals surface area contributed by atoms with Gasteiger partial charge in [-0.3, -0.25) is 9.59 Å². The number of nitrogens with zero attached hydrogens (tertiary/aromatic N) is 1.